The number of unbranched alkanes of at least 4 members (excludes halogenated alkanes) is 15. The molecule has 9 nitrogen and oxygen atoms in total. The predicted molar refractivity (Wildman–Crippen MR) is 195 cm³/mol. The molecule has 2 amide bonds. The van der Waals surface area contributed by atoms with Crippen molar-refractivity contribution in [3.8, 4) is 0 Å². The molecule has 0 aliphatic rings. The average Bonchev–Trinajstić information content (AvgIpc) is 3.07. The second kappa shape index (κ2) is 33.9. The molecule has 0 fully saturated rings. The van der Waals surface area contributed by atoms with Gasteiger partial charge in [-0.3, -0.25) is 14.4 Å². The maximum atomic E-state index is 12.6. The van der Waals surface area contributed by atoms with E-state index in [4.69, 9.17) is 14.9 Å². The molecule has 0 aromatic heterocycles. The normalized spacial score (nSPS) is 12.9. The Morgan fingerprint density at radius 1 is 0.646 bits per heavy atom. The summed E-state index contributed by atoms with van der Waals surface area (Å²) >= 11 is 0. The van der Waals surface area contributed by atoms with Crippen LogP contribution < -0.4 is 10.6 Å². The van der Waals surface area contributed by atoms with Crippen LogP contribution in [0.3, 0.4) is 0 Å². The van der Waals surface area contributed by atoms with Gasteiger partial charge in [-0.05, 0) is 57.4 Å². The zero-order chi connectivity index (χ0) is 35.5. The molecule has 2 atom stereocenters. The number of carboxylic acid groups (broad SMARTS) is 1. The summed E-state index contributed by atoms with van der Waals surface area (Å²) < 4.78 is 5.87. The molecule has 0 saturated heterocycles. The number of rotatable bonds is 33. The molecule has 0 saturated carbocycles. The van der Waals surface area contributed by atoms with Gasteiger partial charge in [-0.2, -0.15) is 0 Å². The van der Waals surface area contributed by atoms with Gasteiger partial charge in [0.25, 0.3) is 0 Å². The molecule has 0 rings (SSSR count). The first-order valence-electron chi connectivity index (χ1n) is 18.9. The Hall–Kier alpha value is -2.94. The molecule has 0 radical (unpaired) electrons. The third-order valence-electron chi connectivity index (χ3n) is 8.12. The van der Waals surface area contributed by atoms with Gasteiger partial charge in [0.2, 0.25) is 11.8 Å². The Morgan fingerprint density at radius 2 is 1.19 bits per heavy atom. The number of aliphatic hydroxyl groups excluding tert-OH is 1. The number of allylic oxidation sites excluding steroid dienone is 5. The van der Waals surface area contributed by atoms with E-state index in [0.717, 1.165) is 64.2 Å². The smallest absolute Gasteiger partial charge is 0.328 e. The number of hydrogen-bond acceptors (Lipinski definition) is 6. The lowest BCUT2D eigenvalue weighted by Gasteiger charge is -2.15. The summed E-state index contributed by atoms with van der Waals surface area (Å²) in [5, 5.41) is 22.5. The largest absolute Gasteiger partial charge is 0.480 e. The maximum absolute atomic E-state index is 12.6. The minimum atomic E-state index is -1.39. The van der Waals surface area contributed by atoms with Gasteiger partial charge in [-0.15, -0.1) is 0 Å². The Morgan fingerprint density at radius 3 is 1.81 bits per heavy atom. The number of carbonyl (C=O) groups is 4. The molecule has 2 unspecified atom stereocenters. The fourth-order valence-corrected chi connectivity index (χ4v) is 5.17. The average molecular weight is 677 g/mol. The van der Waals surface area contributed by atoms with E-state index in [9.17, 15) is 19.2 Å². The first-order valence-corrected chi connectivity index (χ1v) is 18.9. The van der Waals surface area contributed by atoms with Crippen LogP contribution in [-0.4, -0.2) is 59.3 Å². The molecule has 0 bridgehead atoms. The highest BCUT2D eigenvalue weighted by molar-refractivity contribution is 5.87. The van der Waals surface area contributed by atoms with Crippen LogP contribution in [-0.2, 0) is 23.9 Å². The van der Waals surface area contributed by atoms with Crippen molar-refractivity contribution in [2.45, 2.75) is 174 Å². The number of aliphatic hydroxyl groups is 1. The van der Waals surface area contributed by atoms with Crippen LogP contribution in [0.5, 0.6) is 0 Å². The van der Waals surface area contributed by atoms with Gasteiger partial charge >= 0.3 is 11.9 Å². The molecule has 9 heteroatoms. The number of esters is 1. The molecule has 0 heterocycles. The topological polar surface area (TPSA) is 142 Å². The molecule has 0 aromatic rings. The summed E-state index contributed by atoms with van der Waals surface area (Å²) in [6.45, 7) is 3.40. The van der Waals surface area contributed by atoms with Crippen molar-refractivity contribution in [1.29, 1.82) is 0 Å². The highest BCUT2D eigenvalue weighted by Gasteiger charge is 2.18. The second-order valence-corrected chi connectivity index (χ2v) is 12.7. The zero-order valence-electron chi connectivity index (χ0n) is 30.2. The quantitative estimate of drug-likeness (QED) is 0.0311. The molecule has 0 spiro atoms. The predicted octanol–water partition coefficient (Wildman–Crippen LogP) is 8.26. The third-order valence-corrected chi connectivity index (χ3v) is 8.12. The van der Waals surface area contributed by atoms with Crippen molar-refractivity contribution < 1.29 is 34.1 Å². The summed E-state index contributed by atoms with van der Waals surface area (Å²) in [7, 11) is 0. The summed E-state index contributed by atoms with van der Waals surface area (Å²) in [5.74, 6) is -2.40. The molecule has 276 valence electrons. The summed E-state index contributed by atoms with van der Waals surface area (Å²) in [6.07, 6.45) is 36.1. The lowest BCUT2D eigenvalue weighted by Crippen LogP contribution is -2.47. The zero-order valence-corrected chi connectivity index (χ0v) is 30.2. The van der Waals surface area contributed by atoms with Crippen molar-refractivity contribution in [3.05, 3.63) is 36.5 Å². The second-order valence-electron chi connectivity index (χ2n) is 12.7. The van der Waals surface area contributed by atoms with E-state index in [1.54, 1.807) is 0 Å². The van der Waals surface area contributed by atoms with E-state index in [1.807, 2.05) is 6.08 Å². The monoisotopic (exact) mass is 677 g/mol. The Balaban J connectivity index is 4.43. The molecule has 48 heavy (non-hydrogen) atoms. The van der Waals surface area contributed by atoms with Gasteiger partial charge in [-0.25, -0.2) is 4.79 Å². The van der Waals surface area contributed by atoms with E-state index in [1.165, 1.54) is 64.2 Å². The molecule has 0 aromatic carbocycles. The van der Waals surface area contributed by atoms with Crippen molar-refractivity contribution >= 4 is 23.8 Å². The molecule has 0 aliphatic heterocycles. The van der Waals surface area contributed by atoms with Crippen molar-refractivity contribution in [3.63, 3.8) is 0 Å². The molecular weight excluding hydrogens is 608 g/mol. The van der Waals surface area contributed by atoms with Gasteiger partial charge in [0.15, 0.2) is 0 Å². The van der Waals surface area contributed by atoms with E-state index in [0.29, 0.717) is 12.8 Å². The van der Waals surface area contributed by atoms with Crippen LogP contribution in [0.15, 0.2) is 36.5 Å². The highest BCUT2D eigenvalue weighted by Crippen LogP contribution is 2.15. The highest BCUT2D eigenvalue weighted by atomic mass is 16.5. The van der Waals surface area contributed by atoms with E-state index >= 15 is 0 Å². The first-order chi connectivity index (χ1) is 23.3. The van der Waals surface area contributed by atoms with Crippen molar-refractivity contribution in [2.75, 3.05) is 13.2 Å². The maximum Gasteiger partial charge on any atom is 0.328 e. The van der Waals surface area contributed by atoms with Crippen molar-refractivity contribution in [1.82, 2.24) is 10.6 Å². The lowest BCUT2D eigenvalue weighted by molar-refractivity contribution is -0.147. The fraction of sp³-hybridized carbons (Fsp3) is 0.744. The van der Waals surface area contributed by atoms with Gasteiger partial charge < -0.3 is 25.6 Å². The van der Waals surface area contributed by atoms with Crippen LogP contribution in [0.1, 0.15) is 162 Å². The summed E-state index contributed by atoms with van der Waals surface area (Å²) in [4.78, 5) is 47.3. The summed E-state index contributed by atoms with van der Waals surface area (Å²) in [5.41, 5.74) is 0. The number of amides is 2. The van der Waals surface area contributed by atoms with Crippen LogP contribution in [0.2, 0.25) is 0 Å². The van der Waals surface area contributed by atoms with Crippen LogP contribution >= 0.6 is 0 Å². The Bertz CT molecular complexity index is 916. The third kappa shape index (κ3) is 30.4. The van der Waals surface area contributed by atoms with E-state index < -0.39 is 24.5 Å². The minimum absolute atomic E-state index is 0.120. The lowest BCUT2D eigenvalue weighted by atomic mass is 10.1. The number of hydrogen-bond donors (Lipinski definition) is 4. The number of aliphatic carboxylic acids is 1. The number of ether oxygens (including phenoxy) is 1. The van der Waals surface area contributed by atoms with E-state index in [2.05, 4.69) is 54.9 Å². The number of carboxylic acids is 1. The Labute approximate surface area is 291 Å². The van der Waals surface area contributed by atoms with Crippen LogP contribution in [0, 0.1) is 0 Å². The van der Waals surface area contributed by atoms with Gasteiger partial charge in [0.1, 0.15) is 12.1 Å². The standard InChI is InChI=1S/C39H68N2O7/c1-3-5-7-9-11-13-14-16-17-20-24-28-34(48-38(45)31-27-23-18-15-12-10-8-6-4-2)29-25-21-19-22-26-30-36(43)40-32-37(44)41-35(33-42)39(46)47/h11,13,16-17,24,28,34-35,42H,3-10,12,14-15,18-23,25-27,29-33H2,1-2H3,(H,40,43)(H,41,44)(H,46,47)/b13-11-,17-16-,28-24-. The molecule has 4 N–H and O–H groups in total. The SMILES string of the molecule is CCCCC/C=C\C/C=C\C/C=C\C(CCCCCCCC(=O)NCC(=O)NC(CO)C(=O)O)OC(=O)CCCCCCCCCCC. The van der Waals surface area contributed by atoms with Crippen molar-refractivity contribution in [2.24, 2.45) is 0 Å². The fourth-order valence-electron chi connectivity index (χ4n) is 5.17. The van der Waals surface area contributed by atoms with Gasteiger partial charge in [0, 0.05) is 12.8 Å². The number of carbonyl (C=O) groups excluding carboxylic acids is 3. The van der Waals surface area contributed by atoms with Crippen LogP contribution in [0.25, 0.3) is 0 Å². The van der Waals surface area contributed by atoms with Crippen LogP contribution in [0.4, 0.5) is 0 Å². The van der Waals surface area contributed by atoms with Gasteiger partial charge in [0.05, 0.1) is 13.2 Å². The van der Waals surface area contributed by atoms with Gasteiger partial charge in [-0.1, -0.05) is 128 Å². The molecular formula is C39H68N2O7. The minimum Gasteiger partial charge on any atom is -0.480 e. The number of nitrogens with one attached hydrogen (secondary N) is 2. The summed E-state index contributed by atoms with van der Waals surface area (Å²) in [6, 6.07) is -1.39. The first kappa shape index (κ1) is 45.1. The Kier molecular flexibility index (Phi) is 31.9. The van der Waals surface area contributed by atoms with E-state index in [-0.39, 0.29) is 30.9 Å². The molecule has 0 aliphatic carbocycles.